The van der Waals surface area contributed by atoms with Gasteiger partial charge in [0.2, 0.25) is 10.0 Å². The normalized spacial score (nSPS) is 16.2. The van der Waals surface area contributed by atoms with Crippen LogP contribution >= 0.6 is 0 Å². The van der Waals surface area contributed by atoms with Crippen LogP contribution in [-0.2, 0) is 26.2 Å². The van der Waals surface area contributed by atoms with E-state index in [0.717, 1.165) is 0 Å². The zero-order valence-corrected chi connectivity index (χ0v) is 25.9. The summed E-state index contributed by atoms with van der Waals surface area (Å²) in [5.74, 6) is -4.33. The number of hydrogen-bond donors (Lipinski definition) is 4. The average molecular weight is 649 g/mol. The number of nitrogens with zero attached hydrogens (tertiary/aromatic N) is 2. The average Bonchev–Trinajstić information content (AvgIpc) is 3.32. The van der Waals surface area contributed by atoms with Crippen LogP contribution in [0.25, 0.3) is 22.4 Å². The summed E-state index contributed by atoms with van der Waals surface area (Å²) in [6, 6.07) is 10.8. The second-order valence-electron chi connectivity index (χ2n) is 11.7. The van der Waals surface area contributed by atoms with Crippen molar-refractivity contribution < 1.29 is 47.2 Å². The van der Waals surface area contributed by atoms with Gasteiger partial charge in [0.1, 0.15) is 16.5 Å². The number of aliphatic hydroxyl groups excluding tert-OH is 2. The number of aromatic nitrogens is 1. The van der Waals surface area contributed by atoms with E-state index >= 15 is 0 Å². The minimum absolute atomic E-state index is 0.0169. The number of rotatable bonds is 13. The van der Waals surface area contributed by atoms with Crippen molar-refractivity contribution in [2.75, 3.05) is 13.1 Å². The Hall–Kier alpha value is -3.65. The number of halogens is 2. The summed E-state index contributed by atoms with van der Waals surface area (Å²) in [4.78, 5) is 22.5. The van der Waals surface area contributed by atoms with Crippen molar-refractivity contribution in [3.8, 4) is 22.4 Å². The van der Waals surface area contributed by atoms with Crippen molar-refractivity contribution in [3.63, 3.8) is 0 Å². The molecule has 0 bridgehead atoms. The highest BCUT2D eigenvalue weighted by atomic mass is 32.2. The van der Waals surface area contributed by atoms with Crippen molar-refractivity contribution in [2.45, 2.75) is 75.5 Å². The van der Waals surface area contributed by atoms with E-state index in [0.29, 0.717) is 22.5 Å². The van der Waals surface area contributed by atoms with Crippen LogP contribution in [0.4, 0.5) is 8.78 Å². The Morgan fingerprint density at radius 1 is 0.889 bits per heavy atom. The number of carboxylic acid groups (broad SMARTS) is 2. The minimum atomic E-state index is -4.28. The van der Waals surface area contributed by atoms with Crippen LogP contribution in [-0.4, -0.2) is 75.0 Å². The van der Waals surface area contributed by atoms with Gasteiger partial charge in [-0.05, 0) is 79.1 Å². The molecule has 244 valence electrons. The maximum atomic E-state index is 14.6. The van der Waals surface area contributed by atoms with Gasteiger partial charge in [0.15, 0.2) is 0 Å². The number of carboxylic acids is 2. The molecule has 4 rings (SSSR count). The molecule has 1 aliphatic rings. The fraction of sp³-hybridized carbons (Fsp3) is 0.438. The van der Waals surface area contributed by atoms with Gasteiger partial charge in [-0.2, -0.15) is 4.31 Å². The maximum Gasteiger partial charge on any atom is 0.306 e. The van der Waals surface area contributed by atoms with Gasteiger partial charge in [0, 0.05) is 30.9 Å². The molecule has 0 radical (unpaired) electrons. The van der Waals surface area contributed by atoms with Crippen LogP contribution in [0, 0.1) is 17.6 Å². The molecule has 10 nitrogen and oxygen atoms in total. The molecule has 3 aromatic rings. The van der Waals surface area contributed by atoms with Crippen LogP contribution in [0.1, 0.15) is 57.6 Å². The Morgan fingerprint density at radius 2 is 1.42 bits per heavy atom. The van der Waals surface area contributed by atoms with Crippen molar-refractivity contribution in [1.29, 1.82) is 0 Å². The second kappa shape index (κ2) is 14.2. The third-order valence-corrected chi connectivity index (χ3v) is 10.1. The van der Waals surface area contributed by atoms with Crippen molar-refractivity contribution in [1.82, 2.24) is 8.87 Å². The van der Waals surface area contributed by atoms with Crippen LogP contribution < -0.4 is 0 Å². The summed E-state index contributed by atoms with van der Waals surface area (Å²) in [6.45, 7) is 3.62. The van der Waals surface area contributed by atoms with E-state index in [1.807, 2.05) is 0 Å². The summed E-state index contributed by atoms with van der Waals surface area (Å²) < 4.78 is 60.3. The maximum absolute atomic E-state index is 14.6. The Balaban J connectivity index is 1.94. The minimum Gasteiger partial charge on any atom is -0.481 e. The molecule has 1 fully saturated rings. The number of benzene rings is 2. The van der Waals surface area contributed by atoms with Crippen molar-refractivity contribution in [3.05, 3.63) is 65.9 Å². The molecule has 2 atom stereocenters. The zero-order valence-electron chi connectivity index (χ0n) is 25.1. The smallest absolute Gasteiger partial charge is 0.306 e. The Morgan fingerprint density at radius 3 is 1.91 bits per heavy atom. The molecule has 1 aromatic heterocycles. The Kier molecular flexibility index (Phi) is 10.8. The Labute approximate surface area is 260 Å². The van der Waals surface area contributed by atoms with Gasteiger partial charge in [-0.1, -0.05) is 26.0 Å². The van der Waals surface area contributed by atoms with Gasteiger partial charge in [0.05, 0.1) is 30.2 Å². The topological polar surface area (TPSA) is 157 Å². The van der Waals surface area contributed by atoms with Gasteiger partial charge in [-0.25, -0.2) is 17.2 Å². The lowest BCUT2D eigenvalue weighted by Gasteiger charge is -2.30. The number of carbonyl (C=O) groups is 2. The van der Waals surface area contributed by atoms with Crippen LogP contribution in [0.3, 0.4) is 0 Å². The standard InChI is InChI=1S/C32H38F2N2O8S/c1-19(2)29-31(45(43,44)35-14-11-22(12-15-35)32(41)42)28(20-3-7-23(33)8-4-20)30(21-5-9-24(34)10-6-21)36(29)16-13-25(37)17-26(38)18-27(39)40/h3-10,19,22,25-26,37-38H,11-18H2,1-2H3,(H,39,40)(H,41,42)/t25-,26-/m1/s1. The van der Waals surface area contributed by atoms with Crippen molar-refractivity contribution in [2.24, 2.45) is 5.92 Å². The van der Waals surface area contributed by atoms with Crippen LogP contribution in [0.15, 0.2) is 53.4 Å². The van der Waals surface area contributed by atoms with E-state index in [1.165, 1.54) is 52.8 Å². The number of aliphatic hydroxyl groups is 2. The monoisotopic (exact) mass is 648 g/mol. The fourth-order valence-corrected chi connectivity index (χ4v) is 7.97. The predicted molar refractivity (Wildman–Crippen MR) is 162 cm³/mol. The third-order valence-electron chi connectivity index (χ3n) is 8.10. The lowest BCUT2D eigenvalue weighted by Crippen LogP contribution is -2.40. The molecule has 2 heterocycles. The Bertz CT molecular complexity index is 1610. The molecule has 1 saturated heterocycles. The molecule has 45 heavy (non-hydrogen) atoms. The molecule has 0 unspecified atom stereocenters. The molecule has 0 amide bonds. The molecule has 4 N–H and O–H groups in total. The van der Waals surface area contributed by atoms with Crippen LogP contribution in [0.2, 0.25) is 0 Å². The first kappa shape index (κ1) is 34.2. The highest BCUT2D eigenvalue weighted by Gasteiger charge is 2.39. The molecule has 0 aliphatic carbocycles. The number of aliphatic carboxylic acids is 2. The van der Waals surface area contributed by atoms with Gasteiger partial charge >= 0.3 is 11.9 Å². The van der Waals surface area contributed by atoms with E-state index in [9.17, 15) is 42.1 Å². The van der Waals surface area contributed by atoms with E-state index in [-0.39, 0.29) is 55.8 Å². The highest BCUT2D eigenvalue weighted by Crippen LogP contribution is 2.46. The van der Waals surface area contributed by atoms with Crippen LogP contribution in [0.5, 0.6) is 0 Å². The predicted octanol–water partition coefficient (Wildman–Crippen LogP) is 4.69. The summed E-state index contributed by atoms with van der Waals surface area (Å²) in [5.41, 5.74) is 1.87. The molecule has 13 heteroatoms. The lowest BCUT2D eigenvalue weighted by molar-refractivity contribution is -0.143. The SMILES string of the molecule is CC(C)c1c(S(=O)(=O)N2CCC(C(=O)O)CC2)c(-c2ccc(F)cc2)c(-c2ccc(F)cc2)n1CC[C@@H](O)C[C@@H](O)CC(=O)O. The summed E-state index contributed by atoms with van der Waals surface area (Å²) in [6.07, 6.45) is -2.90. The van der Waals surface area contributed by atoms with E-state index in [2.05, 4.69) is 0 Å². The first-order valence-corrected chi connectivity index (χ1v) is 16.2. The molecule has 0 spiro atoms. The lowest BCUT2D eigenvalue weighted by atomic mass is 9.99. The second-order valence-corrected chi connectivity index (χ2v) is 13.6. The largest absolute Gasteiger partial charge is 0.481 e. The molecular formula is C32H38F2N2O8S. The van der Waals surface area contributed by atoms with E-state index < -0.39 is 64.1 Å². The zero-order chi connectivity index (χ0) is 33.1. The van der Waals surface area contributed by atoms with Crippen molar-refractivity contribution >= 4 is 22.0 Å². The van der Waals surface area contributed by atoms with Gasteiger partial charge in [-0.3, -0.25) is 9.59 Å². The number of sulfonamides is 1. The summed E-state index contributed by atoms with van der Waals surface area (Å²) in [5, 5.41) is 39.3. The van der Waals surface area contributed by atoms with E-state index in [4.69, 9.17) is 5.11 Å². The quantitative estimate of drug-likeness (QED) is 0.208. The summed E-state index contributed by atoms with van der Waals surface area (Å²) in [7, 11) is -4.28. The number of piperidine rings is 1. The molecular weight excluding hydrogens is 610 g/mol. The molecule has 2 aromatic carbocycles. The van der Waals surface area contributed by atoms with Gasteiger partial charge in [0.25, 0.3) is 0 Å². The fourth-order valence-electron chi connectivity index (χ4n) is 5.94. The first-order chi connectivity index (χ1) is 21.2. The number of hydrogen-bond acceptors (Lipinski definition) is 6. The highest BCUT2D eigenvalue weighted by molar-refractivity contribution is 7.89. The third kappa shape index (κ3) is 7.78. The summed E-state index contributed by atoms with van der Waals surface area (Å²) >= 11 is 0. The molecule has 0 saturated carbocycles. The molecule has 1 aliphatic heterocycles. The van der Waals surface area contributed by atoms with E-state index in [1.54, 1.807) is 18.4 Å². The van der Waals surface area contributed by atoms with Gasteiger partial charge in [-0.15, -0.1) is 0 Å². The van der Waals surface area contributed by atoms with Gasteiger partial charge < -0.3 is 25.0 Å². The first-order valence-electron chi connectivity index (χ1n) is 14.8.